The van der Waals surface area contributed by atoms with Crippen molar-refractivity contribution in [1.29, 1.82) is 0 Å². The molecule has 2 rings (SSSR count). The van der Waals surface area contributed by atoms with Gasteiger partial charge in [-0.25, -0.2) is 0 Å². The summed E-state index contributed by atoms with van der Waals surface area (Å²) in [4.78, 5) is 25.5. The van der Waals surface area contributed by atoms with Crippen LogP contribution in [0.1, 0.15) is 20.9 Å². The van der Waals surface area contributed by atoms with Gasteiger partial charge >= 0.3 is 0 Å². The van der Waals surface area contributed by atoms with E-state index in [1.54, 1.807) is 17.4 Å². The summed E-state index contributed by atoms with van der Waals surface area (Å²) in [7, 11) is 0. The van der Waals surface area contributed by atoms with Gasteiger partial charge in [-0.2, -0.15) is 0 Å². The van der Waals surface area contributed by atoms with E-state index in [9.17, 15) is 9.59 Å². The lowest BCUT2D eigenvalue weighted by atomic mass is 10.1. The van der Waals surface area contributed by atoms with Gasteiger partial charge in [0.15, 0.2) is 6.61 Å². The van der Waals surface area contributed by atoms with E-state index in [-0.39, 0.29) is 6.61 Å². The van der Waals surface area contributed by atoms with Crippen LogP contribution >= 0.6 is 11.3 Å². The number of aryl methyl sites for hydroxylation is 3. The minimum absolute atomic E-state index is 0.170. The summed E-state index contributed by atoms with van der Waals surface area (Å²) in [5.41, 5.74) is 6.76. The highest BCUT2D eigenvalue weighted by Gasteiger charge is 2.05. The standard InChI is InChI=1S/C18H20N2O3S/c1-12-8-13(2)10-15(9-12)23-11-18(22)20-19-17(21)7-6-16-5-4-14(3)24-16/h4-10H,11H2,1-3H3,(H,19,21)(H,20,22)/b7-6+. The molecule has 1 aromatic carbocycles. The van der Waals surface area contributed by atoms with Crippen LogP contribution in [0.25, 0.3) is 6.08 Å². The maximum atomic E-state index is 11.7. The lowest BCUT2D eigenvalue weighted by Gasteiger charge is -2.09. The Balaban J connectivity index is 1.74. The van der Waals surface area contributed by atoms with Gasteiger partial charge in [-0.3, -0.25) is 20.4 Å². The van der Waals surface area contributed by atoms with Gasteiger partial charge < -0.3 is 4.74 Å². The van der Waals surface area contributed by atoms with Gasteiger partial charge in [0.2, 0.25) is 0 Å². The third-order valence-corrected chi connectivity index (χ3v) is 4.02. The number of benzene rings is 1. The molecule has 6 heteroatoms. The number of nitrogens with one attached hydrogen (secondary N) is 2. The van der Waals surface area contributed by atoms with E-state index >= 15 is 0 Å². The van der Waals surface area contributed by atoms with Crippen LogP contribution in [0.2, 0.25) is 0 Å². The number of ether oxygens (including phenoxy) is 1. The van der Waals surface area contributed by atoms with Crippen LogP contribution in [0, 0.1) is 20.8 Å². The molecule has 0 aliphatic carbocycles. The second kappa shape index (κ2) is 8.31. The van der Waals surface area contributed by atoms with Crippen LogP contribution in [0.3, 0.4) is 0 Å². The first-order chi connectivity index (χ1) is 11.4. The average Bonchev–Trinajstić information content (AvgIpc) is 2.93. The summed E-state index contributed by atoms with van der Waals surface area (Å²) in [6, 6.07) is 9.64. The number of hydrogen-bond acceptors (Lipinski definition) is 4. The highest BCUT2D eigenvalue weighted by atomic mass is 32.1. The van der Waals surface area contributed by atoms with E-state index < -0.39 is 11.8 Å². The van der Waals surface area contributed by atoms with Crippen molar-refractivity contribution in [2.45, 2.75) is 20.8 Å². The smallest absolute Gasteiger partial charge is 0.276 e. The monoisotopic (exact) mass is 344 g/mol. The van der Waals surface area contributed by atoms with Crippen LogP contribution in [0.15, 0.2) is 36.4 Å². The molecule has 2 amide bonds. The van der Waals surface area contributed by atoms with E-state index in [1.807, 2.05) is 51.1 Å². The van der Waals surface area contributed by atoms with E-state index in [0.29, 0.717) is 5.75 Å². The van der Waals surface area contributed by atoms with Crippen molar-refractivity contribution >= 4 is 29.2 Å². The highest BCUT2D eigenvalue weighted by Crippen LogP contribution is 2.16. The minimum atomic E-state index is -0.428. The Bertz CT molecular complexity index is 745. The Morgan fingerprint density at radius 3 is 2.42 bits per heavy atom. The normalized spacial score (nSPS) is 10.6. The Labute approximate surface area is 145 Å². The van der Waals surface area contributed by atoms with Crippen molar-refractivity contribution in [3.63, 3.8) is 0 Å². The molecule has 0 spiro atoms. The van der Waals surface area contributed by atoms with Crippen molar-refractivity contribution in [3.05, 3.63) is 57.3 Å². The summed E-state index contributed by atoms with van der Waals surface area (Å²) in [6.45, 7) is 5.75. The maximum absolute atomic E-state index is 11.7. The second-order valence-electron chi connectivity index (χ2n) is 5.43. The number of amides is 2. The van der Waals surface area contributed by atoms with Gasteiger partial charge in [0.25, 0.3) is 11.8 Å². The molecule has 0 saturated heterocycles. The fourth-order valence-corrected chi connectivity index (χ4v) is 2.86. The van der Waals surface area contributed by atoms with Gasteiger partial charge in [-0.1, -0.05) is 6.07 Å². The fraction of sp³-hybridized carbons (Fsp3) is 0.222. The largest absolute Gasteiger partial charge is 0.484 e. The van der Waals surface area contributed by atoms with Crippen molar-refractivity contribution in [3.8, 4) is 5.75 Å². The maximum Gasteiger partial charge on any atom is 0.276 e. The third kappa shape index (κ3) is 5.89. The number of hydrogen-bond donors (Lipinski definition) is 2. The number of hydrazine groups is 1. The lowest BCUT2D eigenvalue weighted by Crippen LogP contribution is -2.43. The zero-order chi connectivity index (χ0) is 17.5. The molecule has 0 fully saturated rings. The van der Waals surface area contributed by atoms with Crippen molar-refractivity contribution in [2.24, 2.45) is 0 Å². The zero-order valence-electron chi connectivity index (χ0n) is 13.9. The molecular formula is C18H20N2O3S. The Morgan fingerprint density at radius 2 is 1.79 bits per heavy atom. The molecule has 0 unspecified atom stereocenters. The van der Waals surface area contributed by atoms with Gasteiger partial charge in [0.1, 0.15) is 5.75 Å². The van der Waals surface area contributed by atoms with Gasteiger partial charge in [0, 0.05) is 15.8 Å². The number of thiophene rings is 1. The number of rotatable bonds is 5. The average molecular weight is 344 g/mol. The summed E-state index contributed by atoms with van der Waals surface area (Å²) in [5, 5.41) is 0. The first kappa shape index (κ1) is 17.7. The topological polar surface area (TPSA) is 67.4 Å². The molecule has 5 nitrogen and oxygen atoms in total. The van der Waals surface area contributed by atoms with Gasteiger partial charge in [-0.15, -0.1) is 11.3 Å². The fourth-order valence-electron chi connectivity index (χ4n) is 2.07. The first-order valence-electron chi connectivity index (χ1n) is 7.47. The minimum Gasteiger partial charge on any atom is -0.484 e. The highest BCUT2D eigenvalue weighted by molar-refractivity contribution is 7.12. The molecule has 0 radical (unpaired) electrons. The summed E-state index contributed by atoms with van der Waals surface area (Å²) in [6.07, 6.45) is 3.07. The molecule has 0 aliphatic rings. The second-order valence-corrected chi connectivity index (χ2v) is 6.75. The number of carbonyl (C=O) groups is 2. The summed E-state index contributed by atoms with van der Waals surface area (Å²) < 4.78 is 5.41. The van der Waals surface area contributed by atoms with Gasteiger partial charge in [0.05, 0.1) is 0 Å². The molecule has 2 N–H and O–H groups in total. The lowest BCUT2D eigenvalue weighted by molar-refractivity contribution is -0.128. The van der Waals surface area contributed by atoms with Crippen LogP contribution in [-0.4, -0.2) is 18.4 Å². The molecular weight excluding hydrogens is 324 g/mol. The van der Waals surface area contributed by atoms with Crippen molar-refractivity contribution < 1.29 is 14.3 Å². The number of carbonyl (C=O) groups excluding carboxylic acids is 2. The molecule has 0 bridgehead atoms. The predicted octanol–water partition coefficient (Wildman–Crippen LogP) is 2.91. The molecule has 0 atom stereocenters. The summed E-state index contributed by atoms with van der Waals surface area (Å²) >= 11 is 1.59. The molecule has 126 valence electrons. The van der Waals surface area contributed by atoms with E-state index in [4.69, 9.17) is 4.74 Å². The van der Waals surface area contributed by atoms with E-state index in [0.717, 1.165) is 16.0 Å². The molecule has 24 heavy (non-hydrogen) atoms. The van der Waals surface area contributed by atoms with Crippen LogP contribution in [0.5, 0.6) is 5.75 Å². The third-order valence-electron chi connectivity index (χ3n) is 3.05. The van der Waals surface area contributed by atoms with E-state index in [1.165, 1.54) is 11.0 Å². The predicted molar refractivity (Wildman–Crippen MR) is 95.8 cm³/mol. The van der Waals surface area contributed by atoms with Crippen LogP contribution < -0.4 is 15.6 Å². The molecule has 1 aromatic heterocycles. The SMILES string of the molecule is Cc1cc(C)cc(OCC(=O)NNC(=O)/C=C/c2ccc(C)s2)c1. The Hall–Kier alpha value is -2.60. The molecule has 2 aromatic rings. The quantitative estimate of drug-likeness (QED) is 0.647. The molecule has 0 saturated carbocycles. The molecule has 1 heterocycles. The molecule has 0 aliphatic heterocycles. The van der Waals surface area contributed by atoms with Crippen molar-refractivity contribution in [2.75, 3.05) is 6.61 Å². The van der Waals surface area contributed by atoms with E-state index in [2.05, 4.69) is 10.9 Å². The van der Waals surface area contributed by atoms with Crippen LogP contribution in [-0.2, 0) is 9.59 Å². The van der Waals surface area contributed by atoms with Crippen molar-refractivity contribution in [1.82, 2.24) is 10.9 Å². The summed E-state index contributed by atoms with van der Waals surface area (Å²) in [5.74, 6) is -0.203. The first-order valence-corrected chi connectivity index (χ1v) is 8.28. The Kier molecular flexibility index (Phi) is 6.14. The van der Waals surface area contributed by atoms with Crippen LogP contribution in [0.4, 0.5) is 0 Å². The Morgan fingerprint density at radius 1 is 1.08 bits per heavy atom. The zero-order valence-corrected chi connectivity index (χ0v) is 14.7. The van der Waals surface area contributed by atoms with Gasteiger partial charge in [-0.05, 0) is 62.2 Å².